The molecule has 0 saturated carbocycles. The number of hydrogen-bond donors (Lipinski definition) is 1. The number of nitrogens with one attached hydrogen (secondary N) is 1. The van der Waals surface area contributed by atoms with Crippen LogP contribution < -0.4 is 10.1 Å². The minimum atomic E-state index is -0.233. The van der Waals surface area contributed by atoms with Crippen LogP contribution in [0.1, 0.15) is 35.4 Å². The van der Waals surface area contributed by atoms with Crippen molar-refractivity contribution in [1.29, 1.82) is 0 Å². The summed E-state index contributed by atoms with van der Waals surface area (Å²) in [6, 6.07) is 15.3. The average Bonchev–Trinajstić information content (AvgIpc) is 3.06. The highest BCUT2D eigenvalue weighted by atomic mass is 19.1. The van der Waals surface area contributed by atoms with Gasteiger partial charge in [0.2, 0.25) is 0 Å². The standard InChI is InChI=1S/C25H31FN4O/c1-18-25(19(2)30(28-18)23-11-9-21(26)10-12-23)15-27-22-7-5-13-29(17-22)16-20-6-4-8-24(14-20)31-3/h4,6,8-12,14,22,27H,5,7,13,15-17H2,1-3H3. The Morgan fingerprint density at radius 1 is 1.16 bits per heavy atom. The third-order valence-electron chi connectivity index (χ3n) is 6.13. The number of benzene rings is 2. The first-order valence-corrected chi connectivity index (χ1v) is 10.9. The van der Waals surface area contributed by atoms with Gasteiger partial charge in [0.1, 0.15) is 11.6 Å². The first kappa shape index (κ1) is 21.5. The van der Waals surface area contributed by atoms with E-state index >= 15 is 0 Å². The van der Waals surface area contributed by atoms with Crippen LogP contribution in [0.4, 0.5) is 4.39 Å². The fourth-order valence-corrected chi connectivity index (χ4v) is 4.41. The monoisotopic (exact) mass is 422 g/mol. The molecule has 0 radical (unpaired) electrons. The summed E-state index contributed by atoms with van der Waals surface area (Å²) < 4.78 is 20.5. The van der Waals surface area contributed by atoms with E-state index in [-0.39, 0.29) is 5.82 Å². The third-order valence-corrected chi connectivity index (χ3v) is 6.13. The Balaban J connectivity index is 1.38. The number of halogens is 1. The number of rotatable bonds is 7. The van der Waals surface area contributed by atoms with E-state index in [1.807, 2.05) is 17.7 Å². The van der Waals surface area contributed by atoms with Gasteiger partial charge in [0.25, 0.3) is 0 Å². The van der Waals surface area contributed by atoms with Crippen molar-refractivity contribution in [3.63, 3.8) is 0 Å². The number of aryl methyl sites for hydroxylation is 1. The second kappa shape index (κ2) is 9.62. The number of aromatic nitrogens is 2. The van der Waals surface area contributed by atoms with Crippen LogP contribution >= 0.6 is 0 Å². The Morgan fingerprint density at radius 3 is 2.74 bits per heavy atom. The van der Waals surface area contributed by atoms with Crippen LogP contribution in [0.5, 0.6) is 5.75 Å². The minimum Gasteiger partial charge on any atom is -0.497 e. The summed E-state index contributed by atoms with van der Waals surface area (Å²) in [5.41, 5.74) is 5.50. The lowest BCUT2D eigenvalue weighted by molar-refractivity contribution is 0.182. The van der Waals surface area contributed by atoms with Crippen molar-refractivity contribution in [2.45, 2.75) is 45.8 Å². The molecule has 1 unspecified atom stereocenters. The third kappa shape index (κ3) is 5.14. The van der Waals surface area contributed by atoms with E-state index in [0.717, 1.165) is 49.0 Å². The molecule has 1 N–H and O–H groups in total. The summed E-state index contributed by atoms with van der Waals surface area (Å²) in [5.74, 6) is 0.677. The van der Waals surface area contributed by atoms with Crippen LogP contribution in [-0.4, -0.2) is 40.9 Å². The van der Waals surface area contributed by atoms with Crippen molar-refractivity contribution < 1.29 is 9.13 Å². The lowest BCUT2D eigenvalue weighted by atomic mass is 10.0. The van der Waals surface area contributed by atoms with Gasteiger partial charge in [0.15, 0.2) is 0 Å². The molecular formula is C25H31FN4O. The molecule has 1 aliphatic heterocycles. The first-order valence-electron chi connectivity index (χ1n) is 10.9. The summed E-state index contributed by atoms with van der Waals surface area (Å²) >= 11 is 0. The molecule has 0 bridgehead atoms. The molecule has 4 rings (SSSR count). The molecule has 164 valence electrons. The van der Waals surface area contributed by atoms with E-state index in [0.29, 0.717) is 6.04 Å². The molecule has 2 aromatic carbocycles. The number of likely N-dealkylation sites (tertiary alicyclic amines) is 1. The topological polar surface area (TPSA) is 42.3 Å². The Labute approximate surface area is 183 Å². The Morgan fingerprint density at radius 2 is 1.97 bits per heavy atom. The summed E-state index contributed by atoms with van der Waals surface area (Å²) in [7, 11) is 1.71. The van der Waals surface area contributed by atoms with E-state index in [2.05, 4.69) is 35.3 Å². The lowest BCUT2D eigenvalue weighted by Crippen LogP contribution is -2.45. The molecule has 2 heterocycles. The predicted octanol–water partition coefficient (Wildman–Crippen LogP) is 4.39. The Kier molecular flexibility index (Phi) is 6.68. The van der Waals surface area contributed by atoms with Gasteiger partial charge in [-0.2, -0.15) is 5.10 Å². The Bertz CT molecular complexity index is 1010. The number of piperidine rings is 1. The van der Waals surface area contributed by atoms with Crippen LogP contribution in [0.3, 0.4) is 0 Å². The number of ether oxygens (including phenoxy) is 1. The number of hydrogen-bond acceptors (Lipinski definition) is 4. The van der Waals surface area contributed by atoms with Gasteiger partial charge in [0.05, 0.1) is 18.5 Å². The van der Waals surface area contributed by atoms with E-state index in [9.17, 15) is 4.39 Å². The molecular weight excluding hydrogens is 391 g/mol. The molecule has 5 nitrogen and oxygen atoms in total. The van der Waals surface area contributed by atoms with Crippen molar-refractivity contribution in [3.05, 3.63) is 76.9 Å². The van der Waals surface area contributed by atoms with Gasteiger partial charge in [-0.1, -0.05) is 12.1 Å². The highest BCUT2D eigenvalue weighted by molar-refractivity contribution is 5.37. The molecule has 1 saturated heterocycles. The minimum absolute atomic E-state index is 0.233. The fourth-order valence-electron chi connectivity index (χ4n) is 4.41. The molecule has 1 aliphatic rings. The van der Waals surface area contributed by atoms with Crippen LogP contribution in [0.15, 0.2) is 48.5 Å². The van der Waals surface area contributed by atoms with Gasteiger partial charge in [-0.05, 0) is 75.2 Å². The fraction of sp³-hybridized carbons (Fsp3) is 0.400. The zero-order valence-electron chi connectivity index (χ0n) is 18.6. The van der Waals surface area contributed by atoms with Crippen molar-refractivity contribution in [2.24, 2.45) is 0 Å². The van der Waals surface area contributed by atoms with Crippen LogP contribution in [0.2, 0.25) is 0 Å². The molecule has 31 heavy (non-hydrogen) atoms. The van der Waals surface area contributed by atoms with Crippen molar-refractivity contribution in [3.8, 4) is 11.4 Å². The molecule has 3 aromatic rings. The summed E-state index contributed by atoms with van der Waals surface area (Å²) in [6.07, 6.45) is 2.37. The summed E-state index contributed by atoms with van der Waals surface area (Å²) in [6.45, 7) is 8.00. The van der Waals surface area contributed by atoms with Gasteiger partial charge in [-0.3, -0.25) is 4.90 Å². The largest absolute Gasteiger partial charge is 0.497 e. The van der Waals surface area contributed by atoms with Gasteiger partial charge >= 0.3 is 0 Å². The van der Waals surface area contributed by atoms with E-state index in [1.165, 1.54) is 36.1 Å². The molecule has 0 spiro atoms. The van der Waals surface area contributed by atoms with Crippen molar-refractivity contribution in [1.82, 2.24) is 20.0 Å². The van der Waals surface area contributed by atoms with Gasteiger partial charge in [0, 0.05) is 36.9 Å². The molecule has 6 heteroatoms. The van der Waals surface area contributed by atoms with E-state index in [1.54, 1.807) is 19.2 Å². The first-order chi connectivity index (χ1) is 15.0. The van der Waals surface area contributed by atoms with Crippen LogP contribution in [-0.2, 0) is 13.1 Å². The number of nitrogens with zero attached hydrogens (tertiary/aromatic N) is 3. The van der Waals surface area contributed by atoms with Gasteiger partial charge in [-0.15, -0.1) is 0 Å². The summed E-state index contributed by atoms with van der Waals surface area (Å²) in [5, 5.41) is 8.44. The average molecular weight is 423 g/mol. The van der Waals surface area contributed by atoms with E-state index < -0.39 is 0 Å². The maximum atomic E-state index is 13.3. The second-order valence-corrected chi connectivity index (χ2v) is 8.34. The maximum Gasteiger partial charge on any atom is 0.123 e. The molecule has 1 aromatic heterocycles. The summed E-state index contributed by atoms with van der Waals surface area (Å²) in [4.78, 5) is 2.51. The second-order valence-electron chi connectivity index (χ2n) is 8.34. The number of methoxy groups -OCH3 is 1. The zero-order chi connectivity index (χ0) is 21.8. The smallest absolute Gasteiger partial charge is 0.123 e. The van der Waals surface area contributed by atoms with E-state index in [4.69, 9.17) is 9.84 Å². The van der Waals surface area contributed by atoms with Crippen molar-refractivity contribution in [2.75, 3.05) is 20.2 Å². The van der Waals surface area contributed by atoms with Crippen LogP contribution in [0, 0.1) is 19.7 Å². The molecule has 1 fully saturated rings. The lowest BCUT2D eigenvalue weighted by Gasteiger charge is -2.33. The van der Waals surface area contributed by atoms with Gasteiger partial charge in [-0.25, -0.2) is 9.07 Å². The maximum absolute atomic E-state index is 13.3. The quantitative estimate of drug-likeness (QED) is 0.613. The highest BCUT2D eigenvalue weighted by Crippen LogP contribution is 2.20. The predicted molar refractivity (Wildman–Crippen MR) is 121 cm³/mol. The Hall–Kier alpha value is -2.70. The molecule has 0 amide bonds. The highest BCUT2D eigenvalue weighted by Gasteiger charge is 2.21. The molecule has 0 aliphatic carbocycles. The SMILES string of the molecule is COc1cccc(CN2CCCC(NCc3c(C)nn(-c4ccc(F)cc4)c3C)C2)c1. The zero-order valence-corrected chi connectivity index (χ0v) is 18.6. The van der Waals surface area contributed by atoms with Crippen molar-refractivity contribution >= 4 is 0 Å². The van der Waals surface area contributed by atoms with Crippen LogP contribution in [0.25, 0.3) is 5.69 Å². The molecule has 1 atom stereocenters. The normalized spacial score (nSPS) is 17.1. The van der Waals surface area contributed by atoms with Gasteiger partial charge < -0.3 is 10.1 Å².